The van der Waals surface area contributed by atoms with Crippen LogP contribution in [0.25, 0.3) is 95.7 Å². The van der Waals surface area contributed by atoms with Crippen molar-refractivity contribution in [3.05, 3.63) is 200 Å². The van der Waals surface area contributed by atoms with Gasteiger partial charge in [0.05, 0.1) is 0 Å². The van der Waals surface area contributed by atoms with E-state index in [9.17, 15) is 0 Å². The van der Waals surface area contributed by atoms with Crippen LogP contribution >= 0.6 is 22.7 Å². The maximum Gasteiger partial charge on any atom is 0.135 e. The van der Waals surface area contributed by atoms with Gasteiger partial charge in [0.15, 0.2) is 0 Å². The number of rotatable bonds is 6. The Morgan fingerprint density at radius 1 is 0.310 bits per heavy atom. The number of fused-ring (bicyclic) bond motifs is 9. The van der Waals surface area contributed by atoms with Gasteiger partial charge in [-0.1, -0.05) is 133 Å². The summed E-state index contributed by atoms with van der Waals surface area (Å²) in [6.45, 7) is 0. The summed E-state index contributed by atoms with van der Waals surface area (Å²) in [7, 11) is 0. The number of hydrogen-bond acceptors (Lipinski definition) is 4. The molecule has 3 aromatic heterocycles. The fourth-order valence-corrected chi connectivity index (χ4v) is 11.2. The molecule has 0 radical (unpaired) electrons. The van der Waals surface area contributed by atoms with Crippen LogP contribution < -0.4 is 4.90 Å². The van der Waals surface area contributed by atoms with Gasteiger partial charge in [-0.15, -0.1) is 22.7 Å². The molecule has 9 aromatic carbocycles. The lowest BCUT2D eigenvalue weighted by atomic mass is 10.00. The van der Waals surface area contributed by atoms with Crippen LogP contribution in [0.5, 0.6) is 0 Å². The first-order valence-electron chi connectivity index (χ1n) is 19.6. The first-order chi connectivity index (χ1) is 28.7. The van der Waals surface area contributed by atoms with Crippen LogP contribution in [0, 0.1) is 0 Å². The lowest BCUT2D eigenvalue weighted by Crippen LogP contribution is -2.10. The number of para-hydroxylation sites is 1. The summed E-state index contributed by atoms with van der Waals surface area (Å²) in [6, 6.07) is 72.7. The molecule has 58 heavy (non-hydrogen) atoms. The van der Waals surface area contributed by atoms with Gasteiger partial charge in [-0.2, -0.15) is 0 Å². The molecule has 3 heterocycles. The Labute approximate surface area is 343 Å². The molecule has 0 bridgehead atoms. The van der Waals surface area contributed by atoms with Crippen molar-refractivity contribution in [2.45, 2.75) is 0 Å². The van der Waals surface area contributed by atoms with Crippen molar-refractivity contribution in [1.29, 1.82) is 0 Å². The highest BCUT2D eigenvalue weighted by Crippen LogP contribution is 2.44. The Kier molecular flexibility index (Phi) is 7.62. The van der Waals surface area contributed by atoms with Crippen molar-refractivity contribution in [1.82, 2.24) is 0 Å². The van der Waals surface area contributed by atoms with E-state index in [2.05, 4.69) is 193 Å². The minimum atomic E-state index is 0.903. The van der Waals surface area contributed by atoms with Gasteiger partial charge in [-0.05, 0) is 100 Å². The summed E-state index contributed by atoms with van der Waals surface area (Å²) in [5.41, 5.74) is 12.4. The molecule has 0 unspecified atom stereocenters. The van der Waals surface area contributed by atoms with Crippen molar-refractivity contribution in [3.63, 3.8) is 0 Å². The second-order valence-electron chi connectivity index (χ2n) is 14.8. The normalized spacial score (nSPS) is 11.8. The van der Waals surface area contributed by atoms with E-state index < -0.39 is 0 Å². The molecule has 12 aromatic rings. The van der Waals surface area contributed by atoms with Gasteiger partial charge in [0.25, 0.3) is 0 Å². The molecule has 0 amide bonds. The second kappa shape index (κ2) is 13.3. The first kappa shape index (κ1) is 33.2. The third kappa shape index (κ3) is 5.37. The first-order valence-corrected chi connectivity index (χ1v) is 21.2. The minimum absolute atomic E-state index is 0.903. The van der Waals surface area contributed by atoms with Crippen LogP contribution in [0.3, 0.4) is 0 Å². The summed E-state index contributed by atoms with van der Waals surface area (Å²) < 4.78 is 11.5. The van der Waals surface area contributed by atoms with E-state index in [1.165, 1.54) is 62.6 Å². The largest absolute Gasteiger partial charge is 0.456 e. The minimum Gasteiger partial charge on any atom is -0.456 e. The van der Waals surface area contributed by atoms with Crippen LogP contribution in [0.1, 0.15) is 0 Å². The molecule has 12 rings (SSSR count). The molecule has 0 aliphatic rings. The predicted molar refractivity (Wildman–Crippen MR) is 250 cm³/mol. The van der Waals surface area contributed by atoms with Gasteiger partial charge in [0, 0.05) is 68.2 Å². The van der Waals surface area contributed by atoms with Crippen LogP contribution in [-0.4, -0.2) is 0 Å². The molecule has 272 valence electrons. The molecule has 0 saturated heterocycles. The van der Waals surface area contributed by atoms with Gasteiger partial charge < -0.3 is 9.32 Å². The van der Waals surface area contributed by atoms with Gasteiger partial charge in [-0.25, -0.2) is 0 Å². The van der Waals surface area contributed by atoms with Gasteiger partial charge >= 0.3 is 0 Å². The smallest absolute Gasteiger partial charge is 0.135 e. The van der Waals surface area contributed by atoms with E-state index in [1.807, 2.05) is 34.8 Å². The topological polar surface area (TPSA) is 16.4 Å². The number of nitrogens with zero attached hydrogens (tertiary/aromatic N) is 1. The SMILES string of the molecule is c1cc(-c2ccc3oc4ccccc4c3c2)cc(N(c2ccc(-c3cccc4c3sc3ccccc34)cc2)c2ccc(-c3cccc4c3sc3ccccc34)cc2)c1. The summed E-state index contributed by atoms with van der Waals surface area (Å²) >= 11 is 3.75. The lowest BCUT2D eigenvalue weighted by Gasteiger charge is -2.26. The molecule has 0 saturated carbocycles. The Morgan fingerprint density at radius 2 is 0.793 bits per heavy atom. The zero-order valence-electron chi connectivity index (χ0n) is 31.2. The Balaban J connectivity index is 0.975. The van der Waals surface area contributed by atoms with E-state index in [0.717, 1.165) is 50.1 Å². The molecule has 0 aliphatic heterocycles. The van der Waals surface area contributed by atoms with Crippen molar-refractivity contribution in [2.75, 3.05) is 4.90 Å². The number of furan rings is 1. The summed E-state index contributed by atoms with van der Waals surface area (Å²) in [6.07, 6.45) is 0. The van der Waals surface area contributed by atoms with Gasteiger partial charge in [0.2, 0.25) is 0 Å². The number of hydrogen-bond donors (Lipinski definition) is 0. The highest BCUT2D eigenvalue weighted by atomic mass is 32.1. The second-order valence-corrected chi connectivity index (χ2v) is 17.0. The fraction of sp³-hybridized carbons (Fsp3) is 0. The Bertz CT molecular complexity index is 3360. The average Bonchev–Trinajstić information content (AvgIpc) is 3.98. The van der Waals surface area contributed by atoms with Crippen molar-refractivity contribution < 1.29 is 4.42 Å². The van der Waals surface area contributed by atoms with Crippen LogP contribution in [0.4, 0.5) is 17.1 Å². The molecule has 4 heteroatoms. The number of benzene rings is 9. The number of anilines is 3. The van der Waals surface area contributed by atoms with E-state index in [0.29, 0.717) is 0 Å². The molecule has 2 nitrogen and oxygen atoms in total. The summed E-state index contributed by atoms with van der Waals surface area (Å²) in [5.74, 6) is 0. The molecular formula is C54H33NOS2. The maximum atomic E-state index is 6.17. The van der Waals surface area contributed by atoms with Gasteiger partial charge in [-0.3, -0.25) is 0 Å². The van der Waals surface area contributed by atoms with Crippen LogP contribution in [0.2, 0.25) is 0 Å². The molecule has 0 atom stereocenters. The maximum absolute atomic E-state index is 6.17. The monoisotopic (exact) mass is 775 g/mol. The number of thiophene rings is 2. The Hall–Kier alpha value is -6.98. The van der Waals surface area contributed by atoms with Crippen molar-refractivity contribution in [2.24, 2.45) is 0 Å². The van der Waals surface area contributed by atoms with E-state index in [4.69, 9.17) is 4.42 Å². The molecule has 0 N–H and O–H groups in total. The van der Waals surface area contributed by atoms with Crippen LogP contribution in [0.15, 0.2) is 205 Å². The summed E-state index contributed by atoms with van der Waals surface area (Å²) in [4.78, 5) is 2.38. The molecular weight excluding hydrogens is 743 g/mol. The zero-order valence-corrected chi connectivity index (χ0v) is 32.9. The van der Waals surface area contributed by atoms with E-state index in [-0.39, 0.29) is 0 Å². The van der Waals surface area contributed by atoms with E-state index >= 15 is 0 Å². The highest BCUT2D eigenvalue weighted by Gasteiger charge is 2.17. The van der Waals surface area contributed by atoms with Crippen molar-refractivity contribution >= 4 is 102 Å². The fourth-order valence-electron chi connectivity index (χ4n) is 8.71. The Morgan fingerprint density at radius 3 is 1.41 bits per heavy atom. The van der Waals surface area contributed by atoms with Crippen molar-refractivity contribution in [3.8, 4) is 33.4 Å². The third-order valence-corrected chi connectivity index (χ3v) is 13.9. The third-order valence-electron chi connectivity index (χ3n) is 11.5. The molecule has 0 fully saturated rings. The van der Waals surface area contributed by atoms with Crippen LogP contribution in [-0.2, 0) is 0 Å². The van der Waals surface area contributed by atoms with E-state index in [1.54, 1.807) is 0 Å². The lowest BCUT2D eigenvalue weighted by molar-refractivity contribution is 0.669. The standard InChI is InChI=1S/C54H33NOS2/c1-4-19-49-43(12-1)48-33-37(26-31-50(48)56-49)36-10-7-11-40(32-36)55(38-27-22-34(23-28-38)41-15-8-17-46-44-13-2-5-20-51(44)57-53(41)46)39-29-24-35(25-30-39)42-16-9-18-47-45-14-3-6-21-52(45)58-54(42)47/h1-33H. The highest BCUT2D eigenvalue weighted by molar-refractivity contribution is 7.26. The predicted octanol–water partition coefficient (Wildman–Crippen LogP) is 16.8. The average molecular weight is 776 g/mol. The van der Waals surface area contributed by atoms with Gasteiger partial charge in [0.1, 0.15) is 11.2 Å². The summed E-state index contributed by atoms with van der Waals surface area (Å²) in [5, 5.41) is 7.53. The quantitative estimate of drug-likeness (QED) is 0.167. The molecule has 0 aliphatic carbocycles. The zero-order chi connectivity index (χ0) is 38.2. The molecule has 0 spiro atoms.